The fourth-order valence-electron chi connectivity index (χ4n) is 1.48. The minimum absolute atomic E-state index is 0.240. The van der Waals surface area contributed by atoms with Crippen LogP contribution in [0.2, 0.25) is 0 Å². The minimum Gasteiger partial charge on any atom is -0.506 e. The van der Waals surface area contributed by atoms with Crippen molar-refractivity contribution in [3.63, 3.8) is 0 Å². The smallest absolute Gasteiger partial charge is 0.138 e. The molecule has 102 valence electrons. The zero-order valence-electron chi connectivity index (χ0n) is 11.1. The van der Waals surface area contributed by atoms with E-state index in [0.29, 0.717) is 32.1 Å². The molecule has 5 nitrogen and oxygen atoms in total. The monoisotopic (exact) mass is 254 g/mol. The van der Waals surface area contributed by atoms with E-state index in [1.165, 1.54) is 0 Å². The highest BCUT2D eigenvalue weighted by Crippen LogP contribution is 2.13. The maximum Gasteiger partial charge on any atom is 0.138 e. The molecule has 0 saturated carbocycles. The summed E-state index contributed by atoms with van der Waals surface area (Å²) in [6.07, 6.45) is 0.927. The molecular weight excluding hydrogens is 232 g/mol. The molecule has 1 heterocycles. The summed E-state index contributed by atoms with van der Waals surface area (Å²) in [5, 5.41) is 12.8. The van der Waals surface area contributed by atoms with E-state index in [1.54, 1.807) is 19.2 Å². The molecule has 0 unspecified atom stereocenters. The third kappa shape index (κ3) is 5.95. The second-order valence-electron chi connectivity index (χ2n) is 4.05. The van der Waals surface area contributed by atoms with Crippen LogP contribution in [0.5, 0.6) is 5.75 Å². The van der Waals surface area contributed by atoms with Gasteiger partial charge in [0.1, 0.15) is 5.75 Å². The molecule has 0 atom stereocenters. The molecule has 2 N–H and O–H groups in total. The average Bonchev–Trinajstić information content (AvgIpc) is 2.36. The highest BCUT2D eigenvalue weighted by Gasteiger charge is 2.02. The second kappa shape index (κ2) is 8.85. The summed E-state index contributed by atoms with van der Waals surface area (Å²) in [7, 11) is 1.66. The average molecular weight is 254 g/mol. The van der Waals surface area contributed by atoms with E-state index in [0.717, 1.165) is 18.7 Å². The topological polar surface area (TPSA) is 63.6 Å². The van der Waals surface area contributed by atoms with Gasteiger partial charge in [0.15, 0.2) is 0 Å². The predicted molar refractivity (Wildman–Crippen MR) is 69.7 cm³/mol. The molecule has 0 aliphatic rings. The number of aromatic nitrogens is 1. The van der Waals surface area contributed by atoms with Gasteiger partial charge in [0.25, 0.3) is 0 Å². The van der Waals surface area contributed by atoms with Gasteiger partial charge in [-0.25, -0.2) is 0 Å². The Balaban J connectivity index is 2.09. The van der Waals surface area contributed by atoms with E-state index in [2.05, 4.69) is 10.3 Å². The Morgan fingerprint density at radius 3 is 2.89 bits per heavy atom. The molecule has 1 rings (SSSR count). The van der Waals surface area contributed by atoms with Crippen molar-refractivity contribution in [2.75, 3.05) is 33.5 Å². The van der Waals surface area contributed by atoms with Gasteiger partial charge in [0, 0.05) is 26.0 Å². The van der Waals surface area contributed by atoms with Crippen LogP contribution in [0.25, 0.3) is 0 Å². The number of hydrogen-bond donors (Lipinski definition) is 2. The third-order valence-corrected chi connectivity index (χ3v) is 2.46. The van der Waals surface area contributed by atoms with Crippen molar-refractivity contribution in [3.8, 4) is 5.75 Å². The van der Waals surface area contributed by atoms with Gasteiger partial charge in [-0.3, -0.25) is 4.98 Å². The van der Waals surface area contributed by atoms with Crippen LogP contribution >= 0.6 is 0 Å². The summed E-state index contributed by atoms with van der Waals surface area (Å²) in [6, 6.07) is 3.47. The number of nitrogens with zero attached hydrogens (tertiary/aromatic N) is 1. The number of rotatable bonds is 9. The molecule has 18 heavy (non-hydrogen) atoms. The first kappa shape index (κ1) is 14.9. The summed E-state index contributed by atoms with van der Waals surface area (Å²) in [4.78, 5) is 4.27. The highest BCUT2D eigenvalue weighted by atomic mass is 16.5. The third-order valence-electron chi connectivity index (χ3n) is 2.46. The van der Waals surface area contributed by atoms with Crippen LogP contribution in [-0.2, 0) is 16.0 Å². The molecule has 5 heteroatoms. The van der Waals surface area contributed by atoms with Crippen molar-refractivity contribution in [2.45, 2.75) is 19.9 Å². The van der Waals surface area contributed by atoms with Crippen molar-refractivity contribution in [3.05, 3.63) is 23.5 Å². The second-order valence-corrected chi connectivity index (χ2v) is 4.05. The first-order chi connectivity index (χ1) is 8.74. The van der Waals surface area contributed by atoms with E-state index < -0.39 is 0 Å². The maximum absolute atomic E-state index is 9.59. The summed E-state index contributed by atoms with van der Waals surface area (Å²) >= 11 is 0. The van der Waals surface area contributed by atoms with Crippen molar-refractivity contribution in [1.82, 2.24) is 10.3 Å². The number of hydrogen-bond acceptors (Lipinski definition) is 5. The molecule has 0 aromatic carbocycles. The lowest BCUT2D eigenvalue weighted by molar-refractivity contribution is 0.0694. The Hall–Kier alpha value is -1.17. The van der Waals surface area contributed by atoms with Crippen LogP contribution in [-0.4, -0.2) is 43.6 Å². The van der Waals surface area contributed by atoms with E-state index >= 15 is 0 Å². The fourth-order valence-corrected chi connectivity index (χ4v) is 1.48. The zero-order chi connectivity index (χ0) is 13.2. The molecule has 1 aromatic heterocycles. The lowest BCUT2D eigenvalue weighted by Crippen LogP contribution is -2.17. The maximum atomic E-state index is 9.59. The molecule has 0 amide bonds. The Morgan fingerprint density at radius 1 is 1.28 bits per heavy atom. The van der Waals surface area contributed by atoms with Gasteiger partial charge in [-0.05, 0) is 32.0 Å². The van der Waals surface area contributed by atoms with Gasteiger partial charge < -0.3 is 19.9 Å². The number of pyridine rings is 1. The molecule has 0 spiro atoms. The molecule has 0 radical (unpaired) electrons. The lowest BCUT2D eigenvalue weighted by Gasteiger charge is -2.07. The van der Waals surface area contributed by atoms with Crippen LogP contribution in [0.15, 0.2) is 12.1 Å². The number of ether oxygens (including phenoxy) is 2. The van der Waals surface area contributed by atoms with Crippen LogP contribution in [0, 0.1) is 6.92 Å². The Bertz CT molecular complexity index is 345. The Morgan fingerprint density at radius 2 is 2.11 bits per heavy atom. The first-order valence-corrected chi connectivity index (χ1v) is 6.17. The summed E-state index contributed by atoms with van der Waals surface area (Å²) in [5.74, 6) is 0.240. The van der Waals surface area contributed by atoms with Crippen molar-refractivity contribution >= 4 is 0 Å². The standard InChI is InChI=1S/C13H22N2O3/c1-11-4-5-13(16)12(15-11)10-14-6-3-7-18-9-8-17-2/h4-5,14,16H,3,6-10H2,1-2H3. The number of nitrogens with one attached hydrogen (secondary N) is 1. The molecule has 0 aliphatic carbocycles. The van der Waals surface area contributed by atoms with Crippen molar-refractivity contribution in [2.24, 2.45) is 0 Å². The SMILES string of the molecule is COCCOCCCNCc1nc(C)ccc1O. The summed E-state index contributed by atoms with van der Waals surface area (Å²) in [5.41, 5.74) is 1.60. The molecule has 1 aromatic rings. The van der Waals surface area contributed by atoms with Crippen LogP contribution < -0.4 is 5.32 Å². The molecule has 0 fully saturated rings. The number of aromatic hydroxyl groups is 1. The lowest BCUT2D eigenvalue weighted by atomic mass is 10.3. The van der Waals surface area contributed by atoms with E-state index in [-0.39, 0.29) is 5.75 Å². The molecule has 0 aliphatic heterocycles. The van der Waals surface area contributed by atoms with E-state index in [4.69, 9.17) is 9.47 Å². The van der Waals surface area contributed by atoms with Gasteiger partial charge in [-0.1, -0.05) is 0 Å². The van der Waals surface area contributed by atoms with Gasteiger partial charge in [-0.15, -0.1) is 0 Å². The van der Waals surface area contributed by atoms with Crippen molar-refractivity contribution < 1.29 is 14.6 Å². The van der Waals surface area contributed by atoms with E-state index in [1.807, 2.05) is 6.92 Å². The molecule has 0 saturated heterocycles. The number of aryl methyl sites for hydroxylation is 1. The number of methoxy groups -OCH3 is 1. The zero-order valence-corrected chi connectivity index (χ0v) is 11.1. The van der Waals surface area contributed by atoms with Crippen molar-refractivity contribution in [1.29, 1.82) is 0 Å². The van der Waals surface area contributed by atoms with Crippen LogP contribution in [0.3, 0.4) is 0 Å². The van der Waals surface area contributed by atoms with Crippen LogP contribution in [0.4, 0.5) is 0 Å². The van der Waals surface area contributed by atoms with Gasteiger partial charge in [-0.2, -0.15) is 0 Å². The van der Waals surface area contributed by atoms with Crippen LogP contribution in [0.1, 0.15) is 17.8 Å². The van der Waals surface area contributed by atoms with Gasteiger partial charge in [0.2, 0.25) is 0 Å². The van der Waals surface area contributed by atoms with Gasteiger partial charge >= 0.3 is 0 Å². The van der Waals surface area contributed by atoms with E-state index in [9.17, 15) is 5.11 Å². The quantitative estimate of drug-likeness (QED) is 0.649. The normalized spacial score (nSPS) is 10.8. The minimum atomic E-state index is 0.240. The fraction of sp³-hybridized carbons (Fsp3) is 0.615. The Kier molecular flexibility index (Phi) is 7.32. The molecular formula is C13H22N2O3. The summed E-state index contributed by atoms with van der Waals surface area (Å²) < 4.78 is 10.2. The Labute approximate surface area is 108 Å². The summed E-state index contributed by atoms with van der Waals surface area (Å²) in [6.45, 7) is 5.30. The largest absolute Gasteiger partial charge is 0.506 e. The predicted octanol–water partition coefficient (Wildman–Crippen LogP) is 1.24. The van der Waals surface area contributed by atoms with Gasteiger partial charge in [0.05, 0.1) is 18.9 Å². The first-order valence-electron chi connectivity index (χ1n) is 6.17. The molecule has 0 bridgehead atoms. The highest BCUT2D eigenvalue weighted by molar-refractivity contribution is 5.27.